The number of rotatable bonds is 4. The number of carbonyl (C=O) groups is 1. The van der Waals surface area contributed by atoms with Gasteiger partial charge in [-0.2, -0.15) is 5.26 Å². The second-order valence-corrected chi connectivity index (χ2v) is 6.90. The zero-order valence-electron chi connectivity index (χ0n) is 14.5. The van der Waals surface area contributed by atoms with Crippen molar-refractivity contribution in [3.63, 3.8) is 0 Å². The van der Waals surface area contributed by atoms with E-state index >= 15 is 0 Å². The van der Waals surface area contributed by atoms with Crippen molar-refractivity contribution >= 4 is 5.97 Å². The zero-order chi connectivity index (χ0) is 17.1. The van der Waals surface area contributed by atoms with Crippen molar-refractivity contribution in [1.29, 1.82) is 5.26 Å². The average Bonchev–Trinajstić information content (AvgIpc) is 2.55. The number of hydrogen-bond donors (Lipinski definition) is 1. The number of nitrogens with zero attached hydrogens (tertiary/aromatic N) is 2. The summed E-state index contributed by atoms with van der Waals surface area (Å²) in [7, 11) is 1.45. The van der Waals surface area contributed by atoms with E-state index in [-0.39, 0.29) is 11.9 Å². The van der Waals surface area contributed by atoms with Gasteiger partial charge in [0.15, 0.2) is 0 Å². The third-order valence-corrected chi connectivity index (χ3v) is 5.37. The second kappa shape index (κ2) is 7.33. The quantitative estimate of drug-likeness (QED) is 0.856. The van der Waals surface area contributed by atoms with Gasteiger partial charge < -0.3 is 10.1 Å². The van der Waals surface area contributed by atoms with Crippen LogP contribution in [0.25, 0.3) is 0 Å². The first-order chi connectivity index (χ1) is 11.6. The van der Waals surface area contributed by atoms with Gasteiger partial charge in [-0.25, -0.2) is 0 Å². The summed E-state index contributed by atoms with van der Waals surface area (Å²) in [6, 6.07) is 6.69. The minimum Gasteiger partial charge on any atom is -0.469 e. The number of ether oxygens (including phenoxy) is 1. The summed E-state index contributed by atoms with van der Waals surface area (Å²) in [5.74, 6) is 0.471. The predicted octanol–water partition coefficient (Wildman–Crippen LogP) is 1.94. The summed E-state index contributed by atoms with van der Waals surface area (Å²) in [5, 5.41) is 12.9. The van der Waals surface area contributed by atoms with Crippen LogP contribution in [-0.2, 0) is 16.1 Å². The SMILES string of the molecule is COC(=O)C1CCN(Cc2c(C)cc(C3CNC3)cc2C#N)CC1. The number of nitrogens with one attached hydrogen (secondary N) is 1. The van der Waals surface area contributed by atoms with Crippen LogP contribution in [0.5, 0.6) is 0 Å². The van der Waals surface area contributed by atoms with Gasteiger partial charge in [0, 0.05) is 25.6 Å². The van der Waals surface area contributed by atoms with Gasteiger partial charge in [-0.3, -0.25) is 9.69 Å². The number of benzene rings is 1. The lowest BCUT2D eigenvalue weighted by molar-refractivity contribution is -0.147. The first-order valence-electron chi connectivity index (χ1n) is 8.66. The topological polar surface area (TPSA) is 65.4 Å². The maximum absolute atomic E-state index is 11.6. The molecule has 24 heavy (non-hydrogen) atoms. The maximum Gasteiger partial charge on any atom is 0.308 e. The molecule has 128 valence electrons. The van der Waals surface area contributed by atoms with Crippen molar-refractivity contribution in [2.45, 2.75) is 32.2 Å². The lowest BCUT2D eigenvalue weighted by Crippen LogP contribution is -2.40. The van der Waals surface area contributed by atoms with Crippen molar-refractivity contribution in [3.05, 3.63) is 34.4 Å². The molecule has 0 bridgehead atoms. The molecule has 3 rings (SSSR count). The summed E-state index contributed by atoms with van der Waals surface area (Å²) in [6.07, 6.45) is 1.67. The third kappa shape index (κ3) is 3.45. The van der Waals surface area contributed by atoms with Crippen LogP contribution in [-0.4, -0.2) is 44.2 Å². The fourth-order valence-electron chi connectivity index (χ4n) is 3.63. The fourth-order valence-corrected chi connectivity index (χ4v) is 3.63. The van der Waals surface area contributed by atoms with Gasteiger partial charge in [-0.1, -0.05) is 6.07 Å². The van der Waals surface area contributed by atoms with Crippen LogP contribution in [0.15, 0.2) is 12.1 Å². The van der Waals surface area contributed by atoms with Crippen LogP contribution in [0, 0.1) is 24.2 Å². The molecule has 5 nitrogen and oxygen atoms in total. The molecule has 2 aliphatic rings. The largest absolute Gasteiger partial charge is 0.469 e. The van der Waals surface area contributed by atoms with Crippen LogP contribution >= 0.6 is 0 Å². The molecule has 2 aliphatic heterocycles. The molecule has 0 amide bonds. The predicted molar refractivity (Wildman–Crippen MR) is 91.5 cm³/mol. The molecule has 1 N–H and O–H groups in total. The third-order valence-electron chi connectivity index (χ3n) is 5.37. The monoisotopic (exact) mass is 327 g/mol. The van der Waals surface area contributed by atoms with E-state index in [9.17, 15) is 10.1 Å². The molecule has 1 aromatic carbocycles. The Bertz CT molecular complexity index is 653. The molecule has 0 atom stereocenters. The molecule has 0 aliphatic carbocycles. The van der Waals surface area contributed by atoms with E-state index in [2.05, 4.69) is 35.3 Å². The minimum absolute atomic E-state index is 0.0243. The molecule has 2 heterocycles. The Kier molecular flexibility index (Phi) is 5.17. The molecule has 1 aromatic rings. The van der Waals surface area contributed by atoms with E-state index in [0.717, 1.165) is 56.7 Å². The Morgan fingerprint density at radius 1 is 1.38 bits per heavy atom. The second-order valence-electron chi connectivity index (χ2n) is 6.90. The van der Waals surface area contributed by atoms with E-state index < -0.39 is 0 Å². The molecular weight excluding hydrogens is 302 g/mol. The minimum atomic E-state index is -0.0954. The van der Waals surface area contributed by atoms with Crippen molar-refractivity contribution < 1.29 is 9.53 Å². The number of hydrogen-bond acceptors (Lipinski definition) is 5. The lowest BCUT2D eigenvalue weighted by Gasteiger charge is -2.32. The molecule has 5 heteroatoms. The van der Waals surface area contributed by atoms with E-state index in [4.69, 9.17) is 4.74 Å². The number of esters is 1. The molecule has 0 spiro atoms. The highest BCUT2D eigenvalue weighted by Crippen LogP contribution is 2.27. The van der Waals surface area contributed by atoms with E-state index in [1.54, 1.807) is 0 Å². The van der Waals surface area contributed by atoms with Crippen molar-refractivity contribution in [2.24, 2.45) is 5.92 Å². The Morgan fingerprint density at radius 3 is 2.62 bits per heavy atom. The number of carbonyl (C=O) groups excluding carboxylic acids is 1. The van der Waals surface area contributed by atoms with Gasteiger partial charge in [-0.05, 0) is 55.6 Å². The van der Waals surface area contributed by atoms with Gasteiger partial charge >= 0.3 is 5.97 Å². The van der Waals surface area contributed by atoms with Crippen molar-refractivity contribution in [2.75, 3.05) is 33.3 Å². The van der Waals surface area contributed by atoms with Gasteiger partial charge in [0.05, 0.1) is 24.7 Å². The van der Waals surface area contributed by atoms with Crippen molar-refractivity contribution in [1.82, 2.24) is 10.2 Å². The van der Waals surface area contributed by atoms with Gasteiger partial charge in [0.25, 0.3) is 0 Å². The molecular formula is C19H25N3O2. The normalized spacial score (nSPS) is 19.5. The molecule has 0 radical (unpaired) electrons. The molecule has 2 saturated heterocycles. The van der Waals surface area contributed by atoms with Gasteiger partial charge in [-0.15, -0.1) is 0 Å². The van der Waals surface area contributed by atoms with Gasteiger partial charge in [0.2, 0.25) is 0 Å². The molecule has 2 fully saturated rings. The number of likely N-dealkylation sites (tertiary alicyclic amines) is 1. The van der Waals surface area contributed by atoms with E-state index in [0.29, 0.717) is 5.92 Å². The summed E-state index contributed by atoms with van der Waals surface area (Å²) < 4.78 is 4.84. The summed E-state index contributed by atoms with van der Waals surface area (Å²) in [6.45, 7) is 6.64. The highest BCUT2D eigenvalue weighted by atomic mass is 16.5. The smallest absolute Gasteiger partial charge is 0.308 e. The van der Waals surface area contributed by atoms with Gasteiger partial charge in [0.1, 0.15) is 0 Å². The zero-order valence-corrected chi connectivity index (χ0v) is 14.5. The summed E-state index contributed by atoms with van der Waals surface area (Å²) >= 11 is 0. The Morgan fingerprint density at radius 2 is 2.08 bits per heavy atom. The summed E-state index contributed by atoms with van der Waals surface area (Å²) in [4.78, 5) is 14.0. The van der Waals surface area contributed by atoms with Crippen LogP contribution in [0.4, 0.5) is 0 Å². The number of nitriles is 1. The molecule has 0 saturated carbocycles. The van der Waals surface area contributed by atoms with Crippen LogP contribution in [0.2, 0.25) is 0 Å². The molecule has 0 aromatic heterocycles. The average molecular weight is 327 g/mol. The number of methoxy groups -OCH3 is 1. The molecule has 0 unspecified atom stereocenters. The van der Waals surface area contributed by atoms with E-state index in [1.807, 2.05) is 0 Å². The Labute approximate surface area is 143 Å². The lowest BCUT2D eigenvalue weighted by atomic mass is 9.88. The first-order valence-corrected chi connectivity index (χ1v) is 8.66. The fraction of sp³-hybridized carbons (Fsp3) is 0.579. The highest BCUT2D eigenvalue weighted by Gasteiger charge is 2.27. The van der Waals surface area contributed by atoms with Crippen molar-refractivity contribution in [3.8, 4) is 6.07 Å². The number of aryl methyl sites for hydroxylation is 1. The van der Waals surface area contributed by atoms with Crippen LogP contribution in [0.3, 0.4) is 0 Å². The Balaban J connectivity index is 1.69. The maximum atomic E-state index is 11.6. The van der Waals surface area contributed by atoms with Crippen LogP contribution < -0.4 is 5.32 Å². The first kappa shape index (κ1) is 16.9. The standard InChI is InChI=1S/C19H25N3O2/c1-13-7-15(17-10-21-11-17)8-16(9-20)18(13)12-22-5-3-14(4-6-22)19(23)24-2/h7-8,14,17,21H,3-6,10-12H2,1-2H3. The van der Waals surface area contributed by atoms with E-state index in [1.165, 1.54) is 18.2 Å². The Hall–Kier alpha value is -1.90. The highest BCUT2D eigenvalue weighted by molar-refractivity contribution is 5.72. The van der Waals surface area contributed by atoms with Crippen LogP contribution in [0.1, 0.15) is 41.0 Å². The number of piperidine rings is 1. The summed E-state index contributed by atoms with van der Waals surface area (Å²) in [5.41, 5.74) is 4.40.